The molecule has 1 fully saturated rings. The first-order valence-electron chi connectivity index (χ1n) is 9.68. The minimum Gasteiger partial charge on any atom is -0.472 e. The summed E-state index contributed by atoms with van der Waals surface area (Å²) in [7, 11) is 2.13. The van der Waals surface area contributed by atoms with Crippen molar-refractivity contribution in [2.24, 2.45) is 0 Å². The van der Waals surface area contributed by atoms with Crippen LogP contribution in [-0.4, -0.2) is 54.3 Å². The van der Waals surface area contributed by atoms with Gasteiger partial charge in [-0.1, -0.05) is 0 Å². The van der Waals surface area contributed by atoms with Gasteiger partial charge in [-0.15, -0.1) is 0 Å². The fourth-order valence-electron chi connectivity index (χ4n) is 4.03. The summed E-state index contributed by atoms with van der Waals surface area (Å²) in [4.78, 5) is 14.0. The van der Waals surface area contributed by atoms with Crippen molar-refractivity contribution in [2.75, 3.05) is 38.2 Å². The van der Waals surface area contributed by atoms with Crippen LogP contribution in [0.2, 0.25) is 0 Å². The average Bonchev–Trinajstić information content (AvgIpc) is 3.09. The Morgan fingerprint density at radius 1 is 1.23 bits per heavy atom. The molecule has 0 amide bonds. The smallest absolute Gasteiger partial charge is 0.135 e. The zero-order valence-corrected chi connectivity index (χ0v) is 15.6. The van der Waals surface area contributed by atoms with Gasteiger partial charge in [-0.25, -0.2) is 9.97 Å². The molecule has 4 heterocycles. The molecule has 6 nitrogen and oxygen atoms in total. The van der Waals surface area contributed by atoms with E-state index in [1.807, 2.05) is 12.3 Å². The van der Waals surface area contributed by atoms with Crippen molar-refractivity contribution in [3.8, 4) is 0 Å². The molecule has 0 spiro atoms. The summed E-state index contributed by atoms with van der Waals surface area (Å²) >= 11 is 0. The van der Waals surface area contributed by atoms with Crippen LogP contribution in [-0.2, 0) is 24.1 Å². The second-order valence-electron chi connectivity index (χ2n) is 7.40. The Balaban J connectivity index is 1.44. The van der Waals surface area contributed by atoms with E-state index in [2.05, 4.69) is 26.8 Å². The van der Waals surface area contributed by atoms with Crippen LogP contribution in [0.25, 0.3) is 0 Å². The fraction of sp³-hybridized carbons (Fsp3) is 0.600. The third kappa shape index (κ3) is 4.07. The van der Waals surface area contributed by atoms with Crippen LogP contribution in [0.3, 0.4) is 0 Å². The molecule has 2 aliphatic rings. The molecule has 0 aliphatic carbocycles. The maximum Gasteiger partial charge on any atom is 0.135 e. The maximum atomic E-state index is 5.91. The Labute approximate surface area is 155 Å². The molecule has 140 valence electrons. The molecule has 0 N–H and O–H groups in total. The van der Waals surface area contributed by atoms with Gasteiger partial charge < -0.3 is 14.1 Å². The minimum absolute atomic E-state index is 0.322. The van der Waals surface area contributed by atoms with Crippen LogP contribution in [0.1, 0.15) is 36.1 Å². The van der Waals surface area contributed by atoms with Gasteiger partial charge in [0.15, 0.2) is 0 Å². The molecule has 0 radical (unpaired) electrons. The van der Waals surface area contributed by atoms with Crippen LogP contribution in [0.4, 0.5) is 5.82 Å². The monoisotopic (exact) mass is 356 g/mol. The van der Waals surface area contributed by atoms with E-state index in [4.69, 9.17) is 9.15 Å². The van der Waals surface area contributed by atoms with Gasteiger partial charge >= 0.3 is 0 Å². The van der Waals surface area contributed by atoms with Gasteiger partial charge in [0.2, 0.25) is 0 Å². The van der Waals surface area contributed by atoms with Crippen LogP contribution < -0.4 is 4.90 Å². The first-order valence-corrected chi connectivity index (χ1v) is 9.68. The number of furan rings is 1. The average molecular weight is 356 g/mol. The summed E-state index contributed by atoms with van der Waals surface area (Å²) < 4.78 is 11.1. The van der Waals surface area contributed by atoms with Crippen LogP contribution >= 0.6 is 0 Å². The summed E-state index contributed by atoms with van der Waals surface area (Å²) in [5.74, 6) is 1.08. The first kappa shape index (κ1) is 17.5. The number of fused-ring (bicyclic) bond motifs is 1. The van der Waals surface area contributed by atoms with E-state index in [1.54, 1.807) is 12.6 Å². The van der Waals surface area contributed by atoms with E-state index < -0.39 is 0 Å². The van der Waals surface area contributed by atoms with Gasteiger partial charge in [-0.05, 0) is 31.7 Å². The molecule has 2 aromatic heterocycles. The van der Waals surface area contributed by atoms with Gasteiger partial charge in [0.1, 0.15) is 12.1 Å². The quantitative estimate of drug-likeness (QED) is 0.821. The van der Waals surface area contributed by atoms with Crippen LogP contribution in [0.15, 0.2) is 29.3 Å². The highest BCUT2D eigenvalue weighted by Crippen LogP contribution is 2.25. The third-order valence-corrected chi connectivity index (χ3v) is 5.45. The molecule has 0 saturated carbocycles. The number of hydrogen-bond donors (Lipinski definition) is 0. The van der Waals surface area contributed by atoms with Crippen molar-refractivity contribution in [3.63, 3.8) is 0 Å². The van der Waals surface area contributed by atoms with E-state index in [0.29, 0.717) is 6.10 Å². The second kappa shape index (κ2) is 8.18. The molecular weight excluding hydrogens is 328 g/mol. The standard InChI is InChI=1S/C20H28N4O2/c1-23(13-17-4-2-3-10-26-17)20-18-5-8-24(12-16-7-11-25-14-16)9-6-19(18)21-15-22-20/h7,11,14-15,17H,2-6,8-10,12-13H2,1H3. The van der Waals surface area contributed by atoms with Gasteiger partial charge in [0.25, 0.3) is 0 Å². The predicted octanol–water partition coefficient (Wildman–Crippen LogP) is 2.68. The topological polar surface area (TPSA) is 54.6 Å². The van der Waals surface area contributed by atoms with Gasteiger partial charge in [0, 0.05) is 57.4 Å². The SMILES string of the molecule is CN(CC1CCCCO1)c1ncnc2c1CCN(Cc1ccoc1)CC2. The highest BCUT2D eigenvalue weighted by molar-refractivity contribution is 5.49. The van der Waals surface area contributed by atoms with Crippen LogP contribution in [0.5, 0.6) is 0 Å². The number of ether oxygens (including phenoxy) is 1. The van der Waals surface area contributed by atoms with Crippen molar-refractivity contribution < 1.29 is 9.15 Å². The molecule has 1 saturated heterocycles. The maximum absolute atomic E-state index is 5.91. The van der Waals surface area contributed by atoms with Crippen molar-refractivity contribution in [3.05, 3.63) is 41.7 Å². The van der Waals surface area contributed by atoms with Gasteiger partial charge in [-0.3, -0.25) is 4.90 Å². The molecule has 0 aromatic carbocycles. The molecule has 0 bridgehead atoms. The zero-order valence-electron chi connectivity index (χ0n) is 15.6. The summed E-state index contributed by atoms with van der Waals surface area (Å²) in [6.45, 7) is 4.76. The Bertz CT molecular complexity index is 698. The lowest BCUT2D eigenvalue weighted by atomic mass is 10.1. The van der Waals surface area contributed by atoms with Crippen molar-refractivity contribution in [1.29, 1.82) is 0 Å². The normalized spacial score (nSPS) is 21.2. The van der Waals surface area contributed by atoms with Crippen molar-refractivity contribution in [1.82, 2.24) is 14.9 Å². The van der Waals surface area contributed by atoms with E-state index >= 15 is 0 Å². The Morgan fingerprint density at radius 2 is 2.15 bits per heavy atom. The lowest BCUT2D eigenvalue weighted by molar-refractivity contribution is 0.0215. The highest BCUT2D eigenvalue weighted by atomic mass is 16.5. The van der Waals surface area contributed by atoms with E-state index in [1.165, 1.54) is 29.7 Å². The molecular formula is C20H28N4O2. The predicted molar refractivity (Wildman–Crippen MR) is 100 cm³/mol. The largest absolute Gasteiger partial charge is 0.472 e. The Kier molecular flexibility index (Phi) is 5.51. The summed E-state index contributed by atoms with van der Waals surface area (Å²) in [6.07, 6.45) is 11.2. The fourth-order valence-corrected chi connectivity index (χ4v) is 4.03. The molecule has 1 atom stereocenters. The minimum atomic E-state index is 0.322. The van der Waals surface area contributed by atoms with E-state index in [0.717, 1.165) is 57.9 Å². The summed E-state index contributed by atoms with van der Waals surface area (Å²) in [5, 5.41) is 0. The first-order chi connectivity index (χ1) is 12.8. The van der Waals surface area contributed by atoms with Crippen molar-refractivity contribution in [2.45, 2.75) is 44.8 Å². The Morgan fingerprint density at radius 3 is 2.96 bits per heavy atom. The number of likely N-dealkylation sites (N-methyl/N-ethyl adjacent to an activating group) is 1. The van der Waals surface area contributed by atoms with Gasteiger partial charge in [0.05, 0.1) is 24.3 Å². The molecule has 2 aliphatic heterocycles. The second-order valence-corrected chi connectivity index (χ2v) is 7.40. The number of rotatable bonds is 5. The molecule has 4 rings (SSSR count). The lowest BCUT2D eigenvalue weighted by Crippen LogP contribution is -2.34. The summed E-state index contributed by atoms with van der Waals surface area (Å²) in [5.41, 5.74) is 3.73. The van der Waals surface area contributed by atoms with E-state index in [9.17, 15) is 0 Å². The number of nitrogens with zero attached hydrogens (tertiary/aromatic N) is 4. The number of aromatic nitrogens is 2. The van der Waals surface area contributed by atoms with Crippen molar-refractivity contribution >= 4 is 5.82 Å². The molecule has 1 unspecified atom stereocenters. The van der Waals surface area contributed by atoms with Gasteiger partial charge in [-0.2, -0.15) is 0 Å². The molecule has 26 heavy (non-hydrogen) atoms. The number of hydrogen-bond acceptors (Lipinski definition) is 6. The lowest BCUT2D eigenvalue weighted by Gasteiger charge is -2.29. The molecule has 6 heteroatoms. The number of anilines is 1. The molecule has 2 aromatic rings. The summed E-state index contributed by atoms with van der Waals surface area (Å²) in [6, 6.07) is 2.04. The van der Waals surface area contributed by atoms with Crippen LogP contribution in [0, 0.1) is 0 Å². The van der Waals surface area contributed by atoms with E-state index in [-0.39, 0.29) is 0 Å². The zero-order chi connectivity index (χ0) is 17.8. The highest BCUT2D eigenvalue weighted by Gasteiger charge is 2.23. The Hall–Kier alpha value is -1.92. The third-order valence-electron chi connectivity index (χ3n) is 5.45.